The largest absolute Gasteiger partial charge is 0.347 e. The minimum Gasteiger partial charge on any atom is -0.347 e. The number of carbonyl (C=O) groups excluding carboxylic acids is 1. The normalized spacial score (nSPS) is 21.2. The lowest BCUT2D eigenvalue weighted by molar-refractivity contribution is -0.132. The lowest BCUT2D eigenvalue weighted by Crippen LogP contribution is -2.44. The SMILES string of the molecule is CN(C(=O)CCn1ccc2ccccc21)[C@H]1CCC[C@@H]1S(C)(=O)=O. The van der Waals surface area contributed by atoms with Gasteiger partial charge in [0.1, 0.15) is 0 Å². The number of carbonyl (C=O) groups is 1. The van der Waals surface area contributed by atoms with E-state index in [4.69, 9.17) is 0 Å². The van der Waals surface area contributed by atoms with E-state index in [9.17, 15) is 13.2 Å². The molecule has 1 aromatic heterocycles. The molecule has 1 fully saturated rings. The van der Waals surface area contributed by atoms with E-state index in [1.165, 1.54) is 6.26 Å². The molecule has 0 saturated heterocycles. The summed E-state index contributed by atoms with van der Waals surface area (Å²) in [6.07, 6.45) is 5.94. The molecule has 0 radical (unpaired) electrons. The Balaban J connectivity index is 1.66. The van der Waals surface area contributed by atoms with Crippen molar-refractivity contribution in [2.24, 2.45) is 0 Å². The monoisotopic (exact) mass is 348 g/mol. The van der Waals surface area contributed by atoms with Gasteiger partial charge >= 0.3 is 0 Å². The van der Waals surface area contributed by atoms with Crippen LogP contribution in [0.25, 0.3) is 10.9 Å². The van der Waals surface area contributed by atoms with E-state index in [1.807, 2.05) is 30.5 Å². The Morgan fingerprint density at radius 1 is 1.25 bits per heavy atom. The molecule has 2 aromatic rings. The van der Waals surface area contributed by atoms with Crippen LogP contribution in [0.5, 0.6) is 0 Å². The third kappa shape index (κ3) is 3.34. The van der Waals surface area contributed by atoms with Crippen molar-refractivity contribution in [2.45, 2.75) is 43.5 Å². The summed E-state index contributed by atoms with van der Waals surface area (Å²) in [4.78, 5) is 14.2. The Labute approximate surface area is 143 Å². The molecule has 0 N–H and O–H groups in total. The van der Waals surface area contributed by atoms with Gasteiger partial charge < -0.3 is 9.47 Å². The van der Waals surface area contributed by atoms with E-state index in [1.54, 1.807) is 11.9 Å². The van der Waals surface area contributed by atoms with Gasteiger partial charge in [0.25, 0.3) is 0 Å². The predicted molar refractivity (Wildman–Crippen MR) is 95.6 cm³/mol. The first-order valence-electron chi connectivity index (χ1n) is 8.36. The van der Waals surface area contributed by atoms with Gasteiger partial charge in [-0.1, -0.05) is 18.2 Å². The van der Waals surface area contributed by atoms with Gasteiger partial charge in [-0.3, -0.25) is 4.79 Å². The van der Waals surface area contributed by atoms with Crippen molar-refractivity contribution < 1.29 is 13.2 Å². The van der Waals surface area contributed by atoms with Crippen molar-refractivity contribution in [1.82, 2.24) is 9.47 Å². The molecule has 130 valence electrons. The maximum absolute atomic E-state index is 12.6. The molecular weight excluding hydrogens is 324 g/mol. The molecule has 2 atom stereocenters. The zero-order valence-electron chi connectivity index (χ0n) is 14.2. The second kappa shape index (κ2) is 6.59. The smallest absolute Gasteiger partial charge is 0.224 e. The van der Waals surface area contributed by atoms with Crippen LogP contribution < -0.4 is 0 Å². The Bertz CT molecular complexity index is 841. The number of rotatable bonds is 5. The molecule has 1 aromatic carbocycles. The van der Waals surface area contributed by atoms with Crippen molar-refractivity contribution in [3.05, 3.63) is 36.5 Å². The summed E-state index contributed by atoms with van der Waals surface area (Å²) in [6, 6.07) is 9.93. The van der Waals surface area contributed by atoms with Crippen LogP contribution in [0.2, 0.25) is 0 Å². The fourth-order valence-electron chi connectivity index (χ4n) is 3.76. The van der Waals surface area contributed by atoms with Crippen LogP contribution in [0.4, 0.5) is 0 Å². The van der Waals surface area contributed by atoms with Gasteiger partial charge in [-0.15, -0.1) is 0 Å². The average Bonchev–Trinajstić information content (AvgIpc) is 3.18. The van der Waals surface area contributed by atoms with Crippen LogP contribution in [-0.2, 0) is 21.2 Å². The zero-order valence-corrected chi connectivity index (χ0v) is 15.0. The van der Waals surface area contributed by atoms with Gasteiger partial charge in [-0.05, 0) is 36.8 Å². The van der Waals surface area contributed by atoms with E-state index in [2.05, 4.69) is 10.6 Å². The summed E-state index contributed by atoms with van der Waals surface area (Å²) in [7, 11) is -1.38. The second-order valence-electron chi connectivity index (χ2n) is 6.69. The lowest BCUT2D eigenvalue weighted by Gasteiger charge is -2.29. The van der Waals surface area contributed by atoms with Gasteiger partial charge in [0.15, 0.2) is 9.84 Å². The summed E-state index contributed by atoms with van der Waals surface area (Å²) >= 11 is 0. The average molecular weight is 348 g/mol. The Kier molecular flexibility index (Phi) is 4.67. The highest BCUT2D eigenvalue weighted by Crippen LogP contribution is 2.29. The predicted octanol–water partition coefficient (Wildman–Crippen LogP) is 2.46. The fraction of sp³-hybridized carbons (Fsp3) is 0.500. The molecule has 1 amide bonds. The molecule has 0 aliphatic heterocycles. The molecule has 1 aliphatic rings. The Morgan fingerprint density at radius 3 is 2.75 bits per heavy atom. The van der Waals surface area contributed by atoms with E-state index < -0.39 is 15.1 Å². The van der Waals surface area contributed by atoms with E-state index in [0.717, 1.165) is 23.7 Å². The number of amides is 1. The standard InChI is InChI=1S/C18H24N2O3S/c1-19(16-8-5-9-17(16)24(2,22)23)18(21)11-13-20-12-10-14-6-3-4-7-15(14)20/h3-4,6-7,10,12,16-17H,5,8-9,11,13H2,1-2H3/t16-,17-/m0/s1. The minimum absolute atomic E-state index is 0.00771. The maximum atomic E-state index is 12.6. The number of fused-ring (bicyclic) bond motifs is 1. The van der Waals surface area contributed by atoms with Crippen molar-refractivity contribution in [3.8, 4) is 0 Å². The zero-order chi connectivity index (χ0) is 17.3. The van der Waals surface area contributed by atoms with Gasteiger partial charge in [0, 0.05) is 44.0 Å². The lowest BCUT2D eigenvalue weighted by atomic mass is 10.2. The molecule has 0 bridgehead atoms. The van der Waals surface area contributed by atoms with Crippen LogP contribution in [0.1, 0.15) is 25.7 Å². The molecule has 5 nitrogen and oxygen atoms in total. The Morgan fingerprint density at radius 2 is 2.00 bits per heavy atom. The first-order chi connectivity index (χ1) is 11.4. The second-order valence-corrected chi connectivity index (χ2v) is 8.95. The minimum atomic E-state index is -3.12. The van der Waals surface area contributed by atoms with Crippen LogP contribution in [-0.4, -0.2) is 48.4 Å². The van der Waals surface area contributed by atoms with Crippen LogP contribution in [0.15, 0.2) is 36.5 Å². The quantitative estimate of drug-likeness (QED) is 0.834. The summed E-state index contributed by atoms with van der Waals surface area (Å²) in [5.41, 5.74) is 1.11. The summed E-state index contributed by atoms with van der Waals surface area (Å²) in [6.45, 7) is 0.604. The van der Waals surface area contributed by atoms with Gasteiger partial charge in [-0.2, -0.15) is 0 Å². The number of hydrogen-bond donors (Lipinski definition) is 0. The first kappa shape index (κ1) is 17.0. The molecular formula is C18H24N2O3S. The number of sulfone groups is 1. The molecule has 1 aliphatic carbocycles. The molecule has 6 heteroatoms. The molecule has 24 heavy (non-hydrogen) atoms. The fourth-order valence-corrected chi connectivity index (χ4v) is 5.25. The molecule has 1 saturated carbocycles. The highest BCUT2D eigenvalue weighted by atomic mass is 32.2. The summed E-state index contributed by atoms with van der Waals surface area (Å²) in [5, 5.41) is 0.741. The summed E-state index contributed by atoms with van der Waals surface area (Å²) in [5.74, 6) is 0.00771. The van der Waals surface area contributed by atoms with Crippen LogP contribution >= 0.6 is 0 Å². The van der Waals surface area contributed by atoms with Crippen molar-refractivity contribution >= 4 is 26.6 Å². The molecule has 3 rings (SSSR count). The Hall–Kier alpha value is -1.82. The van der Waals surface area contributed by atoms with E-state index in [-0.39, 0.29) is 11.9 Å². The van der Waals surface area contributed by atoms with Gasteiger partial charge in [0.05, 0.1) is 5.25 Å². The highest BCUT2D eigenvalue weighted by Gasteiger charge is 2.38. The molecule has 0 spiro atoms. The van der Waals surface area contributed by atoms with Crippen LogP contribution in [0.3, 0.4) is 0 Å². The number of benzene rings is 1. The summed E-state index contributed by atoms with van der Waals surface area (Å²) < 4.78 is 25.9. The number of hydrogen-bond acceptors (Lipinski definition) is 3. The van der Waals surface area contributed by atoms with Crippen molar-refractivity contribution in [1.29, 1.82) is 0 Å². The number of para-hydroxylation sites is 1. The van der Waals surface area contributed by atoms with Crippen molar-refractivity contribution in [2.75, 3.05) is 13.3 Å². The molecule has 1 heterocycles. The van der Waals surface area contributed by atoms with E-state index >= 15 is 0 Å². The van der Waals surface area contributed by atoms with Crippen molar-refractivity contribution in [3.63, 3.8) is 0 Å². The number of nitrogens with zero attached hydrogens (tertiary/aromatic N) is 2. The number of aryl methyl sites for hydroxylation is 1. The van der Waals surface area contributed by atoms with Gasteiger partial charge in [0.2, 0.25) is 5.91 Å². The third-order valence-corrected chi connectivity index (χ3v) is 6.76. The topological polar surface area (TPSA) is 59.4 Å². The van der Waals surface area contributed by atoms with E-state index in [0.29, 0.717) is 19.4 Å². The van der Waals surface area contributed by atoms with Gasteiger partial charge in [-0.25, -0.2) is 8.42 Å². The molecule has 0 unspecified atom stereocenters. The maximum Gasteiger partial charge on any atom is 0.224 e. The first-order valence-corrected chi connectivity index (χ1v) is 10.3. The highest BCUT2D eigenvalue weighted by molar-refractivity contribution is 7.91. The number of aromatic nitrogens is 1. The third-order valence-electron chi connectivity index (χ3n) is 5.11. The van der Waals surface area contributed by atoms with Crippen LogP contribution in [0, 0.1) is 0 Å².